The second kappa shape index (κ2) is 12.5. The monoisotopic (exact) mass is 466 g/mol. The second-order valence-corrected chi connectivity index (χ2v) is 9.70. The first-order chi connectivity index (χ1) is 16.6. The summed E-state index contributed by atoms with van der Waals surface area (Å²) in [5, 5.41) is 8.71. The predicted molar refractivity (Wildman–Crippen MR) is 132 cm³/mol. The van der Waals surface area contributed by atoms with Crippen molar-refractivity contribution in [3.8, 4) is 0 Å². The number of carboxylic acid groups (broad SMARTS) is 1. The lowest BCUT2D eigenvalue weighted by Gasteiger charge is -2.30. The minimum Gasteiger partial charge on any atom is -0.478 e. The molecule has 3 heterocycles. The third kappa shape index (κ3) is 6.68. The smallest absolute Gasteiger partial charge is 0.327 e. The molecule has 0 radical (unpaired) electrons. The number of allylic oxidation sites excluding steroid dienone is 3. The number of fused-ring (bicyclic) bond motifs is 2. The molecule has 2 bridgehead atoms. The number of carbonyl (C=O) groups is 1. The molecular formula is C29H38O5. The molecule has 1 aromatic rings. The Labute approximate surface area is 203 Å². The first-order valence-corrected chi connectivity index (χ1v) is 12.8. The van der Waals surface area contributed by atoms with E-state index in [0.717, 1.165) is 45.1 Å². The van der Waals surface area contributed by atoms with E-state index in [1.165, 1.54) is 11.6 Å². The van der Waals surface area contributed by atoms with Gasteiger partial charge in [-0.15, -0.1) is 0 Å². The highest BCUT2D eigenvalue weighted by molar-refractivity contribution is 5.79. The van der Waals surface area contributed by atoms with Gasteiger partial charge in [-0.2, -0.15) is 0 Å². The summed E-state index contributed by atoms with van der Waals surface area (Å²) in [6.07, 6.45) is 19.2. The van der Waals surface area contributed by atoms with E-state index in [2.05, 4.69) is 55.5 Å². The zero-order valence-corrected chi connectivity index (χ0v) is 20.1. The largest absolute Gasteiger partial charge is 0.478 e. The molecule has 3 aliphatic rings. The van der Waals surface area contributed by atoms with E-state index in [0.29, 0.717) is 24.4 Å². The fraction of sp³-hybridized carbons (Fsp3) is 0.552. The van der Waals surface area contributed by atoms with Crippen LogP contribution in [0.5, 0.6) is 0 Å². The minimum absolute atomic E-state index is 0.0537. The van der Waals surface area contributed by atoms with Crippen LogP contribution in [-0.2, 0) is 19.0 Å². The molecule has 7 atom stereocenters. The number of ether oxygens (including phenoxy) is 3. The average molecular weight is 467 g/mol. The van der Waals surface area contributed by atoms with Crippen LogP contribution in [-0.4, -0.2) is 42.3 Å². The van der Waals surface area contributed by atoms with E-state index in [9.17, 15) is 4.79 Å². The van der Waals surface area contributed by atoms with Crippen LogP contribution in [0.15, 0.2) is 66.8 Å². The van der Waals surface area contributed by atoms with Gasteiger partial charge in [0, 0.05) is 24.5 Å². The number of hydrogen-bond donors (Lipinski definition) is 1. The Hall–Kier alpha value is -2.21. The van der Waals surface area contributed by atoms with E-state index in [4.69, 9.17) is 19.3 Å². The molecule has 3 fully saturated rings. The molecular weight excluding hydrogens is 428 g/mol. The Morgan fingerprint density at radius 2 is 1.94 bits per heavy atom. The molecule has 5 nitrogen and oxygen atoms in total. The normalized spacial score (nSPS) is 31.0. The maximum atomic E-state index is 10.6. The van der Waals surface area contributed by atoms with Crippen LogP contribution >= 0.6 is 0 Å². The van der Waals surface area contributed by atoms with Crippen molar-refractivity contribution < 1.29 is 24.1 Å². The predicted octanol–water partition coefficient (Wildman–Crippen LogP) is 6.03. The molecule has 34 heavy (non-hydrogen) atoms. The molecule has 3 saturated heterocycles. The van der Waals surface area contributed by atoms with Gasteiger partial charge in [-0.05, 0) is 56.4 Å². The van der Waals surface area contributed by atoms with Crippen LogP contribution in [0.25, 0.3) is 0 Å². The molecule has 1 N–H and O–H groups in total. The Morgan fingerprint density at radius 3 is 2.71 bits per heavy atom. The molecule has 0 aliphatic carbocycles. The molecule has 3 aliphatic heterocycles. The maximum absolute atomic E-state index is 10.6. The number of carboxylic acids is 1. The fourth-order valence-electron chi connectivity index (χ4n) is 5.49. The van der Waals surface area contributed by atoms with E-state index in [-0.39, 0.29) is 24.4 Å². The summed E-state index contributed by atoms with van der Waals surface area (Å²) in [7, 11) is 0. The molecule has 1 aromatic carbocycles. The Balaban J connectivity index is 1.43. The maximum Gasteiger partial charge on any atom is 0.327 e. The van der Waals surface area contributed by atoms with E-state index < -0.39 is 5.97 Å². The molecule has 0 spiro atoms. The van der Waals surface area contributed by atoms with Crippen LogP contribution in [0.4, 0.5) is 0 Å². The summed E-state index contributed by atoms with van der Waals surface area (Å²) in [4.78, 5) is 10.6. The van der Waals surface area contributed by atoms with E-state index in [1.54, 1.807) is 6.08 Å². The Morgan fingerprint density at radius 1 is 1.12 bits per heavy atom. The van der Waals surface area contributed by atoms with Crippen molar-refractivity contribution in [1.29, 1.82) is 0 Å². The van der Waals surface area contributed by atoms with Crippen molar-refractivity contribution in [2.75, 3.05) is 6.61 Å². The van der Waals surface area contributed by atoms with Crippen molar-refractivity contribution in [3.05, 3.63) is 72.4 Å². The SMILES string of the molecule is CC(c1ccccc1)C(C=C[C@@H]1[C@H](CC=CCC=CC(=O)O)[C@@H]2CC[C@H]1O2)OC1CCCCO1. The molecule has 0 saturated carbocycles. The topological polar surface area (TPSA) is 65.0 Å². The second-order valence-electron chi connectivity index (χ2n) is 9.70. The summed E-state index contributed by atoms with van der Waals surface area (Å²) in [5.74, 6) is 0.148. The zero-order valence-electron chi connectivity index (χ0n) is 20.1. The van der Waals surface area contributed by atoms with Crippen LogP contribution in [0.1, 0.15) is 63.4 Å². The Kier molecular flexibility index (Phi) is 9.14. The van der Waals surface area contributed by atoms with Gasteiger partial charge in [-0.3, -0.25) is 0 Å². The van der Waals surface area contributed by atoms with Gasteiger partial charge >= 0.3 is 5.97 Å². The fourth-order valence-corrected chi connectivity index (χ4v) is 5.49. The third-order valence-corrected chi connectivity index (χ3v) is 7.38. The highest BCUT2D eigenvalue weighted by Gasteiger charge is 2.47. The average Bonchev–Trinajstić information content (AvgIpc) is 3.46. The van der Waals surface area contributed by atoms with Gasteiger partial charge in [0.05, 0.1) is 18.3 Å². The molecule has 0 aromatic heterocycles. The molecule has 0 amide bonds. The summed E-state index contributed by atoms with van der Waals surface area (Å²) in [6.45, 7) is 3.01. The summed E-state index contributed by atoms with van der Waals surface area (Å²) in [6, 6.07) is 10.6. The number of benzene rings is 1. The van der Waals surface area contributed by atoms with Crippen molar-refractivity contribution >= 4 is 5.97 Å². The lowest BCUT2D eigenvalue weighted by Crippen LogP contribution is -2.30. The van der Waals surface area contributed by atoms with Gasteiger partial charge in [-0.25, -0.2) is 4.79 Å². The van der Waals surface area contributed by atoms with Gasteiger partial charge in [0.25, 0.3) is 0 Å². The third-order valence-electron chi connectivity index (χ3n) is 7.38. The van der Waals surface area contributed by atoms with Gasteiger partial charge in [0.2, 0.25) is 0 Å². The number of hydrogen-bond acceptors (Lipinski definition) is 4. The van der Waals surface area contributed by atoms with Crippen LogP contribution < -0.4 is 0 Å². The summed E-state index contributed by atoms with van der Waals surface area (Å²) < 4.78 is 18.7. The summed E-state index contributed by atoms with van der Waals surface area (Å²) in [5.41, 5.74) is 1.27. The van der Waals surface area contributed by atoms with Crippen LogP contribution in [0.2, 0.25) is 0 Å². The van der Waals surface area contributed by atoms with Gasteiger partial charge in [0.1, 0.15) is 0 Å². The first-order valence-electron chi connectivity index (χ1n) is 12.8. The lowest BCUT2D eigenvalue weighted by atomic mass is 9.77. The number of rotatable bonds is 11. The van der Waals surface area contributed by atoms with Gasteiger partial charge in [0.15, 0.2) is 6.29 Å². The van der Waals surface area contributed by atoms with E-state index in [1.807, 2.05) is 6.07 Å². The minimum atomic E-state index is -0.903. The van der Waals surface area contributed by atoms with Crippen LogP contribution in [0.3, 0.4) is 0 Å². The quantitative estimate of drug-likeness (QED) is 0.319. The number of aliphatic carboxylic acids is 1. The standard InChI is InChI=1S/C29H38O5/c1-21(22-11-5-4-6-12-22)25(34-29-15-9-10-20-32-29)17-16-24-23(26-18-19-27(24)33-26)13-7-2-3-8-14-28(30)31/h2,4-8,11-12,14,16-17,21,23-27,29H,3,9-10,13,15,18-20H2,1H3,(H,30,31)/t21?,23-,24+,25?,26-,27+,29?/m0/s1. The highest BCUT2D eigenvalue weighted by Crippen LogP contribution is 2.46. The van der Waals surface area contributed by atoms with Gasteiger partial charge < -0.3 is 19.3 Å². The van der Waals surface area contributed by atoms with Gasteiger partial charge in [-0.1, -0.05) is 67.6 Å². The van der Waals surface area contributed by atoms with Crippen molar-refractivity contribution in [2.24, 2.45) is 11.8 Å². The molecule has 184 valence electrons. The summed E-state index contributed by atoms with van der Waals surface area (Å²) >= 11 is 0. The van der Waals surface area contributed by atoms with E-state index >= 15 is 0 Å². The lowest BCUT2D eigenvalue weighted by molar-refractivity contribution is -0.181. The van der Waals surface area contributed by atoms with Crippen LogP contribution in [0, 0.1) is 11.8 Å². The molecule has 5 heteroatoms. The molecule has 4 rings (SSSR count). The van der Waals surface area contributed by atoms with Crippen molar-refractivity contribution in [1.82, 2.24) is 0 Å². The zero-order chi connectivity index (χ0) is 23.8. The highest BCUT2D eigenvalue weighted by atomic mass is 16.7. The van der Waals surface area contributed by atoms with Crippen molar-refractivity contribution in [3.63, 3.8) is 0 Å². The van der Waals surface area contributed by atoms with Crippen molar-refractivity contribution in [2.45, 2.75) is 82.4 Å². The molecule has 3 unspecified atom stereocenters. The Bertz CT molecular complexity index is 855. The first kappa shape index (κ1) is 24.9.